The molecule has 0 unspecified atom stereocenters. The Morgan fingerprint density at radius 2 is 0.691 bits per heavy atom. The number of nitrogens with one attached hydrogen (secondary N) is 4. The Balaban J connectivity index is 1.11. The maximum atomic E-state index is 12.8. The first-order valence-corrected chi connectivity index (χ1v) is 24.5. The number of carbonyl (C=O) groups is 4. The summed E-state index contributed by atoms with van der Waals surface area (Å²) in [6.45, 7) is 18.1. The molecule has 0 atom stereocenters. The molecule has 4 N–H and O–H groups in total. The molecule has 4 amide bonds. The maximum absolute atomic E-state index is 12.8. The number of anilines is 4. The molecule has 14 nitrogen and oxygen atoms in total. The summed E-state index contributed by atoms with van der Waals surface area (Å²) in [6.07, 6.45) is 8.13. The summed E-state index contributed by atoms with van der Waals surface area (Å²) >= 11 is 0. The van der Waals surface area contributed by atoms with E-state index in [9.17, 15) is 19.2 Å². The lowest BCUT2D eigenvalue weighted by Gasteiger charge is -2.24. The quantitative estimate of drug-likeness (QED) is 0.0386. The van der Waals surface area contributed by atoms with Gasteiger partial charge in [0.25, 0.3) is 0 Å². The second kappa shape index (κ2) is 30.3. The van der Waals surface area contributed by atoms with Gasteiger partial charge in [0.2, 0.25) is 0 Å². The predicted octanol–water partition coefficient (Wildman–Crippen LogP) is 12.3. The molecule has 4 aromatic carbocycles. The molecule has 0 aromatic heterocycles. The van der Waals surface area contributed by atoms with Crippen molar-refractivity contribution < 1.29 is 38.1 Å². The number of unbranched alkanes of at least 4 members (excludes halogenated alkanes) is 4. The summed E-state index contributed by atoms with van der Waals surface area (Å²) in [6, 6.07) is 30.1. The molecule has 4 aromatic rings. The normalized spacial score (nSPS) is 11.2. The molecule has 14 heteroatoms. The van der Waals surface area contributed by atoms with E-state index >= 15 is 0 Å². The summed E-state index contributed by atoms with van der Waals surface area (Å²) in [7, 11) is 0. The van der Waals surface area contributed by atoms with Gasteiger partial charge < -0.3 is 18.9 Å². The number of ether oxygens (including phenoxy) is 4. The number of hydrogen-bond donors (Lipinski definition) is 4. The molecule has 0 fully saturated rings. The van der Waals surface area contributed by atoms with E-state index in [1.54, 1.807) is 38.1 Å². The van der Waals surface area contributed by atoms with Gasteiger partial charge >= 0.3 is 24.4 Å². The minimum atomic E-state index is -1.11. The van der Waals surface area contributed by atoms with E-state index in [4.69, 9.17) is 18.9 Å². The number of rotatable bonds is 29. The van der Waals surface area contributed by atoms with Gasteiger partial charge in [-0.15, -0.1) is 0 Å². The second-order valence-corrected chi connectivity index (χ2v) is 17.7. The molecule has 0 saturated carbocycles. The van der Waals surface area contributed by atoms with Crippen molar-refractivity contribution in [2.45, 2.75) is 111 Å². The van der Waals surface area contributed by atoms with Crippen molar-refractivity contribution in [1.29, 1.82) is 0 Å². The Hall–Kier alpha value is -6.12. The molecule has 0 saturated heterocycles. The third-order valence-corrected chi connectivity index (χ3v) is 11.1. The van der Waals surface area contributed by atoms with Crippen LogP contribution in [0.2, 0.25) is 0 Å². The molecular formula is C54H76N6O8. The van der Waals surface area contributed by atoms with Crippen molar-refractivity contribution in [3.8, 4) is 0 Å². The fourth-order valence-electron chi connectivity index (χ4n) is 7.15. The van der Waals surface area contributed by atoms with E-state index in [1.165, 1.54) is 0 Å². The van der Waals surface area contributed by atoms with E-state index in [-0.39, 0.29) is 6.61 Å². The maximum Gasteiger partial charge on any atom is 0.412 e. The van der Waals surface area contributed by atoms with E-state index in [1.807, 2.05) is 72.8 Å². The number of amides is 4. The number of nitrogens with zero attached hydrogens (tertiary/aromatic N) is 2. The Morgan fingerprint density at radius 1 is 0.412 bits per heavy atom. The van der Waals surface area contributed by atoms with Gasteiger partial charge in [-0.1, -0.05) is 102 Å². The molecule has 0 aliphatic heterocycles. The second-order valence-electron chi connectivity index (χ2n) is 17.7. The first-order valence-electron chi connectivity index (χ1n) is 24.5. The van der Waals surface area contributed by atoms with Crippen LogP contribution in [0.4, 0.5) is 41.9 Å². The van der Waals surface area contributed by atoms with Gasteiger partial charge in [-0.2, -0.15) is 0 Å². The first kappa shape index (κ1) is 54.5. The van der Waals surface area contributed by atoms with Gasteiger partial charge in [0, 0.05) is 35.8 Å². The number of carbonyl (C=O) groups excluding carboxylic acids is 4. The average Bonchev–Trinajstić information content (AvgIpc) is 3.32. The van der Waals surface area contributed by atoms with Crippen LogP contribution in [-0.4, -0.2) is 98.9 Å². The highest BCUT2D eigenvalue weighted by Gasteiger charge is 2.25. The van der Waals surface area contributed by atoms with Gasteiger partial charge in [-0.3, -0.25) is 31.1 Å². The van der Waals surface area contributed by atoms with Gasteiger partial charge in [0.1, 0.15) is 25.4 Å². The minimum absolute atomic E-state index is 0.172. The molecule has 370 valence electrons. The van der Waals surface area contributed by atoms with Crippen molar-refractivity contribution >= 4 is 47.1 Å². The molecule has 0 bridgehead atoms. The van der Waals surface area contributed by atoms with E-state index < -0.39 is 30.0 Å². The highest BCUT2D eigenvalue weighted by atomic mass is 16.6. The zero-order valence-corrected chi connectivity index (χ0v) is 41.3. The molecular weight excluding hydrogens is 861 g/mol. The molecule has 0 radical (unpaired) electrons. The summed E-state index contributed by atoms with van der Waals surface area (Å²) < 4.78 is 21.9. The standard InChI is InChI=1S/C54H76N6O8/c1-7-11-31-59(32-12-8-2)35-37-65-50(61)55-46-23-15-42(16-24-46)39-44-19-27-48(28-20-44)57-52(63)67-41-54(5,6)68-53(64)58-49-29-21-45(22-30-49)40-43-17-25-47(26-18-43)56-51(62)66-38-36-60(33-13-9-3)34-14-10-4/h15-30H,7-14,31-41H2,1-6H3,(H,55,61)(H,56,62)(H,57,63)(H,58,64). The Morgan fingerprint density at radius 3 is 0.985 bits per heavy atom. The van der Waals surface area contributed by atoms with Crippen molar-refractivity contribution in [2.24, 2.45) is 0 Å². The highest BCUT2D eigenvalue weighted by Crippen LogP contribution is 2.20. The van der Waals surface area contributed by atoms with Crippen LogP contribution in [0.15, 0.2) is 97.1 Å². The Bertz CT molecular complexity index is 2060. The van der Waals surface area contributed by atoms with Crippen LogP contribution in [0, 0.1) is 0 Å². The van der Waals surface area contributed by atoms with Crippen LogP contribution in [0.3, 0.4) is 0 Å². The van der Waals surface area contributed by atoms with E-state index in [0.29, 0.717) is 48.8 Å². The van der Waals surface area contributed by atoms with Gasteiger partial charge in [0.05, 0.1) is 0 Å². The molecule has 0 aliphatic carbocycles. The lowest BCUT2D eigenvalue weighted by molar-refractivity contribution is -0.00170. The number of hydrogen-bond acceptors (Lipinski definition) is 10. The molecule has 0 aliphatic rings. The predicted molar refractivity (Wildman–Crippen MR) is 273 cm³/mol. The average molecular weight is 937 g/mol. The number of benzene rings is 4. The van der Waals surface area contributed by atoms with Crippen LogP contribution in [0.5, 0.6) is 0 Å². The smallest absolute Gasteiger partial charge is 0.412 e. The van der Waals surface area contributed by atoms with Gasteiger partial charge in [-0.25, -0.2) is 19.2 Å². The Kier molecular flexibility index (Phi) is 24.3. The van der Waals surface area contributed by atoms with Crippen LogP contribution in [0.1, 0.15) is 115 Å². The van der Waals surface area contributed by atoms with E-state index in [0.717, 1.165) is 113 Å². The lowest BCUT2D eigenvalue weighted by atomic mass is 10.0. The fraction of sp³-hybridized carbons (Fsp3) is 0.481. The van der Waals surface area contributed by atoms with Crippen LogP contribution in [-0.2, 0) is 31.8 Å². The monoisotopic (exact) mass is 937 g/mol. The molecule has 0 heterocycles. The fourth-order valence-corrected chi connectivity index (χ4v) is 7.15. The zero-order chi connectivity index (χ0) is 49.0. The van der Waals surface area contributed by atoms with E-state index in [2.05, 4.69) is 58.8 Å². The summed E-state index contributed by atoms with van der Waals surface area (Å²) in [5, 5.41) is 11.1. The largest absolute Gasteiger partial charge is 0.448 e. The van der Waals surface area contributed by atoms with Gasteiger partial charge in [-0.05, 0) is 149 Å². The minimum Gasteiger partial charge on any atom is -0.448 e. The molecule has 4 rings (SSSR count). The zero-order valence-electron chi connectivity index (χ0n) is 41.3. The SMILES string of the molecule is CCCCN(CCCC)CCOC(=O)Nc1ccc(Cc2ccc(NC(=O)OCC(C)(C)OC(=O)Nc3ccc(Cc4ccc(NC(=O)OCCN(CCCC)CCCC)cc4)cc3)cc2)cc1. The topological polar surface area (TPSA) is 160 Å². The van der Waals surface area contributed by atoms with Crippen molar-refractivity contribution in [1.82, 2.24) is 9.80 Å². The lowest BCUT2D eigenvalue weighted by Crippen LogP contribution is -2.36. The van der Waals surface area contributed by atoms with Crippen LogP contribution >= 0.6 is 0 Å². The first-order chi connectivity index (χ1) is 32.9. The van der Waals surface area contributed by atoms with Crippen LogP contribution in [0.25, 0.3) is 0 Å². The summed E-state index contributed by atoms with van der Waals surface area (Å²) in [5.74, 6) is 0. The van der Waals surface area contributed by atoms with Crippen molar-refractivity contribution in [2.75, 3.05) is 80.4 Å². The van der Waals surface area contributed by atoms with Gasteiger partial charge in [0.15, 0.2) is 0 Å². The van der Waals surface area contributed by atoms with Crippen molar-refractivity contribution in [3.05, 3.63) is 119 Å². The summed E-state index contributed by atoms with van der Waals surface area (Å²) in [5.41, 5.74) is 5.50. The molecule has 0 spiro atoms. The highest BCUT2D eigenvalue weighted by molar-refractivity contribution is 5.86. The van der Waals surface area contributed by atoms with Crippen molar-refractivity contribution in [3.63, 3.8) is 0 Å². The molecule has 68 heavy (non-hydrogen) atoms. The van der Waals surface area contributed by atoms with Crippen LogP contribution < -0.4 is 21.3 Å². The summed E-state index contributed by atoms with van der Waals surface area (Å²) in [4.78, 5) is 54.9. The Labute approximate surface area is 404 Å². The third-order valence-electron chi connectivity index (χ3n) is 11.1. The third kappa shape index (κ3) is 22.1.